The lowest BCUT2D eigenvalue weighted by Crippen LogP contribution is -2.39. The molecule has 0 saturated carbocycles. The average Bonchev–Trinajstić information content (AvgIpc) is 3.16. The van der Waals surface area contributed by atoms with E-state index in [1.165, 1.54) is 10.5 Å². The number of carboxylic acids is 1. The number of benzene rings is 1. The zero-order valence-electron chi connectivity index (χ0n) is 23.8. The fraction of sp³-hybridized carbons (Fsp3) is 0.594. The lowest BCUT2D eigenvalue weighted by molar-refractivity contribution is -0.141. The first-order valence-electron chi connectivity index (χ1n) is 14.8. The van der Waals surface area contributed by atoms with Crippen molar-refractivity contribution in [2.75, 3.05) is 13.2 Å². The maximum atomic E-state index is 13.5. The van der Waals surface area contributed by atoms with Crippen molar-refractivity contribution in [2.45, 2.75) is 90.6 Å². The van der Waals surface area contributed by atoms with Crippen LogP contribution in [-0.2, 0) is 14.4 Å². The molecule has 4 N–H and O–H groups in total. The minimum atomic E-state index is -0.858. The van der Waals surface area contributed by atoms with E-state index < -0.39 is 29.8 Å². The third-order valence-corrected chi connectivity index (χ3v) is 8.23. The van der Waals surface area contributed by atoms with E-state index in [-0.39, 0.29) is 37.1 Å². The SMILES string of the molecule is CCCC1=C([C@H](O)CC/C(=C/c2ccc(O)cc2)CCC)[C@H](CO)[C@@H]2C(=O)N(CCCCCC(=O)O)C(=O)[C@@H]2C1. The van der Waals surface area contributed by atoms with E-state index in [1.54, 1.807) is 12.1 Å². The number of aliphatic carboxylic acids is 1. The first-order chi connectivity index (χ1) is 19.2. The van der Waals surface area contributed by atoms with Crippen LogP contribution in [-0.4, -0.2) is 62.4 Å². The number of carboxylic acid groups (broad SMARTS) is 1. The molecule has 1 saturated heterocycles. The molecule has 0 bridgehead atoms. The Kier molecular flexibility index (Phi) is 11.9. The molecule has 4 atom stereocenters. The second kappa shape index (κ2) is 15.1. The van der Waals surface area contributed by atoms with E-state index >= 15 is 0 Å². The summed E-state index contributed by atoms with van der Waals surface area (Å²) < 4.78 is 0. The number of phenols is 1. The molecule has 220 valence electrons. The number of amides is 2. The number of nitrogens with zero attached hydrogens (tertiary/aromatic N) is 1. The van der Waals surface area contributed by atoms with Gasteiger partial charge in [-0.15, -0.1) is 0 Å². The van der Waals surface area contributed by atoms with Gasteiger partial charge in [-0.1, -0.05) is 62.5 Å². The molecule has 2 aliphatic rings. The third kappa shape index (κ3) is 7.82. The zero-order valence-corrected chi connectivity index (χ0v) is 23.8. The van der Waals surface area contributed by atoms with Gasteiger partial charge in [0.05, 0.1) is 24.5 Å². The van der Waals surface area contributed by atoms with Gasteiger partial charge in [-0.25, -0.2) is 0 Å². The number of imide groups is 1. The van der Waals surface area contributed by atoms with Gasteiger partial charge in [-0.05, 0) is 68.2 Å². The highest BCUT2D eigenvalue weighted by Gasteiger charge is 2.54. The van der Waals surface area contributed by atoms with E-state index in [9.17, 15) is 29.7 Å². The minimum absolute atomic E-state index is 0.0649. The van der Waals surface area contributed by atoms with Gasteiger partial charge in [-0.3, -0.25) is 19.3 Å². The number of aliphatic hydroxyl groups is 2. The Morgan fingerprint density at radius 2 is 1.75 bits per heavy atom. The van der Waals surface area contributed by atoms with Crippen LogP contribution < -0.4 is 0 Å². The standard InChI is InChI=1S/C32H45NO7/c1-3-8-21(18-22-11-14-24(35)15-12-22)13-16-27(36)29-23(9-4-2)19-25-30(26(29)20-34)32(40)33(31(25)39)17-7-5-6-10-28(37)38/h11-12,14-15,18,25-27,30,34-36H,3-10,13,16-17,19-20H2,1-2H3,(H,37,38)/b21-18+/t25-,26+,27-,30-/m1/s1. The van der Waals surface area contributed by atoms with Gasteiger partial charge in [0.15, 0.2) is 0 Å². The fourth-order valence-electron chi connectivity index (χ4n) is 6.38. The largest absolute Gasteiger partial charge is 0.508 e. The van der Waals surface area contributed by atoms with Crippen LogP contribution in [0.4, 0.5) is 0 Å². The molecule has 8 heteroatoms. The Labute approximate surface area is 237 Å². The molecular weight excluding hydrogens is 510 g/mol. The predicted octanol–water partition coefficient (Wildman–Crippen LogP) is 5.07. The summed E-state index contributed by atoms with van der Waals surface area (Å²) >= 11 is 0. The Morgan fingerprint density at radius 3 is 2.38 bits per heavy atom. The maximum absolute atomic E-state index is 13.5. The summed E-state index contributed by atoms with van der Waals surface area (Å²) in [5.41, 5.74) is 3.88. The maximum Gasteiger partial charge on any atom is 0.303 e. The number of carbonyl (C=O) groups excluding carboxylic acids is 2. The van der Waals surface area contributed by atoms with Gasteiger partial charge >= 0.3 is 5.97 Å². The number of likely N-dealkylation sites (tertiary alicyclic amines) is 1. The molecule has 1 heterocycles. The molecule has 3 rings (SSSR count). The molecule has 0 radical (unpaired) electrons. The number of rotatable bonds is 16. The monoisotopic (exact) mass is 555 g/mol. The van der Waals surface area contributed by atoms with Gasteiger partial charge in [0.1, 0.15) is 5.75 Å². The van der Waals surface area contributed by atoms with Crippen molar-refractivity contribution < 1.29 is 34.8 Å². The number of aliphatic hydroxyl groups excluding tert-OH is 2. The number of unbranched alkanes of at least 4 members (excludes halogenated alkanes) is 2. The Morgan fingerprint density at radius 1 is 1.02 bits per heavy atom. The van der Waals surface area contributed by atoms with E-state index in [2.05, 4.69) is 13.0 Å². The third-order valence-electron chi connectivity index (χ3n) is 8.23. The summed E-state index contributed by atoms with van der Waals surface area (Å²) in [5, 5.41) is 40.4. The van der Waals surface area contributed by atoms with Crippen molar-refractivity contribution >= 4 is 23.9 Å². The molecule has 1 aliphatic heterocycles. The smallest absolute Gasteiger partial charge is 0.303 e. The van der Waals surface area contributed by atoms with Gasteiger partial charge in [0.25, 0.3) is 0 Å². The quantitative estimate of drug-likeness (QED) is 0.127. The number of aromatic hydroxyl groups is 1. The molecule has 1 aromatic carbocycles. The van der Waals surface area contributed by atoms with E-state index in [0.29, 0.717) is 44.9 Å². The molecule has 40 heavy (non-hydrogen) atoms. The Balaban J connectivity index is 1.76. The molecule has 1 aliphatic carbocycles. The Hall–Kier alpha value is -2.97. The van der Waals surface area contributed by atoms with Crippen LogP contribution >= 0.6 is 0 Å². The molecule has 2 amide bonds. The van der Waals surface area contributed by atoms with Crippen molar-refractivity contribution in [3.8, 4) is 5.75 Å². The van der Waals surface area contributed by atoms with Crippen LogP contribution in [0.25, 0.3) is 6.08 Å². The van der Waals surface area contributed by atoms with Crippen molar-refractivity contribution in [1.82, 2.24) is 4.90 Å². The molecule has 0 aromatic heterocycles. The Bertz CT molecular complexity index is 1090. The number of hydrogen-bond donors (Lipinski definition) is 4. The van der Waals surface area contributed by atoms with E-state index in [4.69, 9.17) is 5.11 Å². The highest BCUT2D eigenvalue weighted by molar-refractivity contribution is 6.05. The normalized spacial score (nSPS) is 22.1. The predicted molar refractivity (Wildman–Crippen MR) is 153 cm³/mol. The van der Waals surface area contributed by atoms with Gasteiger partial charge < -0.3 is 20.4 Å². The number of allylic oxidation sites excluding steroid dienone is 2. The summed E-state index contributed by atoms with van der Waals surface area (Å²) in [5.74, 6) is -2.94. The summed E-state index contributed by atoms with van der Waals surface area (Å²) in [4.78, 5) is 38.9. The van der Waals surface area contributed by atoms with Crippen LogP contribution in [0.3, 0.4) is 0 Å². The second-order valence-corrected chi connectivity index (χ2v) is 11.2. The number of phenolic OH excluding ortho intramolecular Hbond substituents is 1. The van der Waals surface area contributed by atoms with Crippen molar-refractivity contribution in [3.63, 3.8) is 0 Å². The summed E-state index contributed by atoms with van der Waals surface area (Å²) in [6.07, 6.45) is 7.88. The highest BCUT2D eigenvalue weighted by atomic mass is 16.4. The van der Waals surface area contributed by atoms with Crippen molar-refractivity contribution in [1.29, 1.82) is 0 Å². The topological polar surface area (TPSA) is 135 Å². The van der Waals surface area contributed by atoms with E-state index in [0.717, 1.165) is 36.0 Å². The summed E-state index contributed by atoms with van der Waals surface area (Å²) in [7, 11) is 0. The zero-order chi connectivity index (χ0) is 29.2. The van der Waals surface area contributed by atoms with Crippen LogP contribution in [0.15, 0.2) is 41.0 Å². The number of hydrogen-bond acceptors (Lipinski definition) is 6. The average molecular weight is 556 g/mol. The lowest BCUT2D eigenvalue weighted by atomic mass is 9.67. The van der Waals surface area contributed by atoms with Gasteiger partial charge in [-0.2, -0.15) is 0 Å². The molecule has 1 fully saturated rings. The van der Waals surface area contributed by atoms with Crippen molar-refractivity contribution in [2.24, 2.45) is 17.8 Å². The molecule has 0 unspecified atom stereocenters. The molecular formula is C32H45NO7. The number of fused-ring (bicyclic) bond motifs is 1. The van der Waals surface area contributed by atoms with Crippen LogP contribution in [0.1, 0.15) is 90.0 Å². The summed E-state index contributed by atoms with van der Waals surface area (Å²) in [6, 6.07) is 7.01. The van der Waals surface area contributed by atoms with Gasteiger partial charge in [0, 0.05) is 18.9 Å². The minimum Gasteiger partial charge on any atom is -0.508 e. The second-order valence-electron chi connectivity index (χ2n) is 11.2. The van der Waals surface area contributed by atoms with Crippen LogP contribution in [0.2, 0.25) is 0 Å². The molecule has 8 nitrogen and oxygen atoms in total. The lowest BCUT2D eigenvalue weighted by Gasteiger charge is -2.36. The fourth-order valence-corrected chi connectivity index (χ4v) is 6.38. The molecule has 1 aromatic rings. The molecule has 0 spiro atoms. The van der Waals surface area contributed by atoms with Crippen LogP contribution in [0.5, 0.6) is 5.75 Å². The van der Waals surface area contributed by atoms with Gasteiger partial charge in [0.2, 0.25) is 11.8 Å². The van der Waals surface area contributed by atoms with Crippen LogP contribution in [0, 0.1) is 17.8 Å². The van der Waals surface area contributed by atoms with E-state index in [1.807, 2.05) is 19.1 Å². The number of carbonyl (C=O) groups is 3. The first kappa shape index (κ1) is 31.6. The first-order valence-corrected chi connectivity index (χ1v) is 14.8. The highest BCUT2D eigenvalue weighted by Crippen LogP contribution is 2.47. The van der Waals surface area contributed by atoms with Crippen molar-refractivity contribution in [3.05, 3.63) is 46.5 Å². The summed E-state index contributed by atoms with van der Waals surface area (Å²) in [6.45, 7) is 4.10.